The monoisotopic (exact) mass is 319 g/mol. The fraction of sp³-hybridized carbons (Fsp3) is 0.286. The van der Waals surface area contributed by atoms with Crippen LogP contribution in [0.4, 0.5) is 5.69 Å². The molecule has 0 aliphatic carbocycles. The summed E-state index contributed by atoms with van der Waals surface area (Å²) in [5, 5.41) is 10.0. The summed E-state index contributed by atoms with van der Waals surface area (Å²) in [7, 11) is 0. The van der Waals surface area contributed by atoms with Crippen LogP contribution in [-0.2, 0) is 4.79 Å². The van der Waals surface area contributed by atoms with Crippen LogP contribution in [0.5, 0.6) is 0 Å². The van der Waals surface area contributed by atoms with Gasteiger partial charge in [-0.15, -0.1) is 5.10 Å². The fourth-order valence-corrected chi connectivity index (χ4v) is 2.31. The van der Waals surface area contributed by atoms with Gasteiger partial charge in [-0.05, 0) is 12.1 Å². The van der Waals surface area contributed by atoms with Gasteiger partial charge >= 0.3 is 0 Å². The lowest BCUT2D eigenvalue weighted by Gasteiger charge is -2.07. The molecular weight excluding hydrogens is 302 g/mol. The highest BCUT2D eigenvalue weighted by molar-refractivity contribution is 7.99. The number of aromatic amines is 1. The summed E-state index contributed by atoms with van der Waals surface area (Å²) in [6.07, 6.45) is 0. The second-order valence-electron chi connectivity index (χ2n) is 4.90. The van der Waals surface area contributed by atoms with Gasteiger partial charge in [0, 0.05) is 5.92 Å². The molecule has 0 spiro atoms. The average molecular weight is 319 g/mol. The van der Waals surface area contributed by atoms with E-state index in [0.717, 1.165) is 5.82 Å². The molecule has 0 fully saturated rings. The van der Waals surface area contributed by atoms with E-state index in [9.17, 15) is 9.59 Å². The molecular formula is C14H17N5O2S. The van der Waals surface area contributed by atoms with Gasteiger partial charge in [0.2, 0.25) is 11.1 Å². The van der Waals surface area contributed by atoms with Crippen LogP contribution >= 0.6 is 11.8 Å². The molecule has 0 atom stereocenters. The SMILES string of the molecule is CC(C)c1nc(SCC(=O)Nc2ccccc2C(N)=O)n[nH]1. The molecule has 7 nitrogen and oxygen atoms in total. The number of para-hydroxylation sites is 1. The summed E-state index contributed by atoms with van der Waals surface area (Å²) in [5.41, 5.74) is 5.95. The minimum Gasteiger partial charge on any atom is -0.366 e. The van der Waals surface area contributed by atoms with Gasteiger partial charge in [0.15, 0.2) is 0 Å². The van der Waals surface area contributed by atoms with Gasteiger partial charge in [0.1, 0.15) is 5.82 Å². The Balaban J connectivity index is 1.94. The lowest BCUT2D eigenvalue weighted by molar-refractivity contribution is -0.113. The maximum Gasteiger partial charge on any atom is 0.250 e. The van der Waals surface area contributed by atoms with Gasteiger partial charge < -0.3 is 11.1 Å². The van der Waals surface area contributed by atoms with Gasteiger partial charge in [-0.25, -0.2) is 4.98 Å². The van der Waals surface area contributed by atoms with E-state index in [-0.39, 0.29) is 23.1 Å². The van der Waals surface area contributed by atoms with Crippen LogP contribution in [0.25, 0.3) is 0 Å². The molecule has 116 valence electrons. The Labute approximate surface area is 132 Å². The number of anilines is 1. The minimum absolute atomic E-state index is 0.141. The standard InChI is InChI=1S/C14H17N5O2S/c1-8(2)13-17-14(19-18-13)22-7-11(20)16-10-6-4-3-5-9(10)12(15)21/h3-6,8H,7H2,1-2H3,(H2,15,21)(H,16,20)(H,17,18,19). The number of carbonyl (C=O) groups is 2. The number of carbonyl (C=O) groups excluding carboxylic acids is 2. The number of nitrogens with one attached hydrogen (secondary N) is 2. The van der Waals surface area contributed by atoms with Gasteiger partial charge in [-0.2, -0.15) is 0 Å². The van der Waals surface area contributed by atoms with E-state index < -0.39 is 5.91 Å². The van der Waals surface area contributed by atoms with Gasteiger partial charge in [0.05, 0.1) is 17.0 Å². The maximum atomic E-state index is 12.0. The Morgan fingerprint density at radius 1 is 1.36 bits per heavy atom. The van der Waals surface area contributed by atoms with E-state index in [1.54, 1.807) is 24.3 Å². The molecule has 2 aromatic rings. The van der Waals surface area contributed by atoms with Crippen LogP contribution in [-0.4, -0.2) is 32.7 Å². The second kappa shape index (κ2) is 7.08. The molecule has 0 bridgehead atoms. The van der Waals surface area contributed by atoms with E-state index in [2.05, 4.69) is 20.5 Å². The smallest absolute Gasteiger partial charge is 0.250 e. The van der Waals surface area contributed by atoms with E-state index in [4.69, 9.17) is 5.73 Å². The zero-order valence-corrected chi connectivity index (χ0v) is 13.1. The summed E-state index contributed by atoms with van der Waals surface area (Å²) in [6.45, 7) is 4.00. The first kappa shape index (κ1) is 16.0. The molecule has 1 aromatic heterocycles. The van der Waals surface area contributed by atoms with Gasteiger partial charge in [-0.1, -0.05) is 37.7 Å². The second-order valence-corrected chi connectivity index (χ2v) is 5.85. The fourth-order valence-electron chi connectivity index (χ4n) is 1.70. The summed E-state index contributed by atoms with van der Waals surface area (Å²) in [5.74, 6) is 0.330. The Morgan fingerprint density at radius 3 is 2.73 bits per heavy atom. The molecule has 0 aliphatic rings. The van der Waals surface area contributed by atoms with Crippen LogP contribution < -0.4 is 11.1 Å². The summed E-state index contributed by atoms with van der Waals surface area (Å²) in [4.78, 5) is 27.5. The number of H-pyrrole nitrogens is 1. The van der Waals surface area contributed by atoms with Crippen molar-refractivity contribution < 1.29 is 9.59 Å². The Hall–Kier alpha value is -2.35. The number of hydrogen-bond acceptors (Lipinski definition) is 5. The minimum atomic E-state index is -0.584. The van der Waals surface area contributed by atoms with Gasteiger partial charge in [0.25, 0.3) is 5.91 Å². The molecule has 0 radical (unpaired) electrons. The number of nitrogens with two attached hydrogens (primary N) is 1. The number of aromatic nitrogens is 3. The van der Waals surface area contributed by atoms with Crippen LogP contribution in [0.15, 0.2) is 29.4 Å². The van der Waals surface area contributed by atoms with Crippen molar-refractivity contribution >= 4 is 29.3 Å². The molecule has 0 saturated carbocycles. The molecule has 1 aromatic carbocycles. The third-order valence-corrected chi connectivity index (χ3v) is 3.68. The normalized spacial score (nSPS) is 10.7. The Bertz CT molecular complexity index is 683. The number of amides is 2. The highest BCUT2D eigenvalue weighted by Gasteiger charge is 2.12. The maximum absolute atomic E-state index is 12.0. The molecule has 1 heterocycles. The predicted octanol–water partition coefficient (Wildman–Crippen LogP) is 1.76. The van der Waals surface area contributed by atoms with Crippen LogP contribution in [0.1, 0.15) is 35.9 Å². The molecule has 0 aliphatic heterocycles. The van der Waals surface area contributed by atoms with Crippen molar-refractivity contribution in [1.29, 1.82) is 0 Å². The molecule has 0 unspecified atom stereocenters. The number of benzene rings is 1. The van der Waals surface area contributed by atoms with Crippen molar-refractivity contribution in [3.8, 4) is 0 Å². The highest BCUT2D eigenvalue weighted by atomic mass is 32.2. The third kappa shape index (κ3) is 4.08. The first-order valence-corrected chi connectivity index (χ1v) is 7.69. The summed E-state index contributed by atoms with van der Waals surface area (Å²) in [6, 6.07) is 6.60. The summed E-state index contributed by atoms with van der Waals surface area (Å²) >= 11 is 1.22. The van der Waals surface area contributed by atoms with E-state index in [1.807, 2.05) is 13.8 Å². The molecule has 0 saturated heterocycles. The van der Waals surface area contributed by atoms with Crippen molar-refractivity contribution in [3.05, 3.63) is 35.7 Å². The zero-order valence-electron chi connectivity index (χ0n) is 12.3. The topological polar surface area (TPSA) is 114 Å². The van der Waals surface area contributed by atoms with E-state index >= 15 is 0 Å². The lowest BCUT2D eigenvalue weighted by Crippen LogP contribution is -2.19. The van der Waals surface area contributed by atoms with Gasteiger partial charge in [-0.3, -0.25) is 14.7 Å². The molecule has 2 rings (SSSR count). The van der Waals surface area contributed by atoms with Crippen LogP contribution in [0.3, 0.4) is 0 Å². The first-order chi connectivity index (χ1) is 10.5. The van der Waals surface area contributed by atoms with Crippen molar-refractivity contribution in [3.63, 3.8) is 0 Å². The quantitative estimate of drug-likeness (QED) is 0.702. The molecule has 2 amide bonds. The molecule has 22 heavy (non-hydrogen) atoms. The Kier molecular flexibility index (Phi) is 5.16. The third-order valence-electron chi connectivity index (χ3n) is 2.83. The zero-order chi connectivity index (χ0) is 16.1. The number of hydrogen-bond donors (Lipinski definition) is 3. The van der Waals surface area contributed by atoms with E-state index in [1.165, 1.54) is 11.8 Å². The van der Waals surface area contributed by atoms with Crippen LogP contribution in [0.2, 0.25) is 0 Å². The number of nitrogens with zero attached hydrogens (tertiary/aromatic N) is 2. The highest BCUT2D eigenvalue weighted by Crippen LogP contribution is 2.18. The molecule has 4 N–H and O–H groups in total. The number of thioether (sulfide) groups is 1. The van der Waals surface area contributed by atoms with Crippen molar-refractivity contribution in [2.45, 2.75) is 24.9 Å². The van der Waals surface area contributed by atoms with Crippen molar-refractivity contribution in [2.75, 3.05) is 11.1 Å². The molecule has 8 heteroatoms. The summed E-state index contributed by atoms with van der Waals surface area (Å²) < 4.78 is 0. The van der Waals surface area contributed by atoms with Crippen molar-refractivity contribution in [1.82, 2.24) is 15.2 Å². The number of primary amides is 1. The Morgan fingerprint density at radius 2 is 2.09 bits per heavy atom. The lowest BCUT2D eigenvalue weighted by atomic mass is 10.1. The van der Waals surface area contributed by atoms with Crippen LogP contribution in [0, 0.1) is 0 Å². The number of rotatable bonds is 6. The van der Waals surface area contributed by atoms with E-state index in [0.29, 0.717) is 10.8 Å². The average Bonchev–Trinajstić information content (AvgIpc) is 2.94. The van der Waals surface area contributed by atoms with Crippen molar-refractivity contribution in [2.24, 2.45) is 5.73 Å². The first-order valence-electron chi connectivity index (χ1n) is 6.71. The largest absolute Gasteiger partial charge is 0.366 e. The predicted molar refractivity (Wildman–Crippen MR) is 84.8 cm³/mol.